The van der Waals surface area contributed by atoms with Crippen molar-refractivity contribution in [2.45, 2.75) is 78.8 Å². The van der Waals surface area contributed by atoms with E-state index in [0.29, 0.717) is 11.5 Å². The van der Waals surface area contributed by atoms with E-state index >= 15 is 0 Å². The van der Waals surface area contributed by atoms with Gasteiger partial charge in [0, 0.05) is 6.04 Å². The summed E-state index contributed by atoms with van der Waals surface area (Å²) in [6, 6.07) is -0.0361. The zero-order valence-corrected chi connectivity index (χ0v) is 13.3. The summed E-state index contributed by atoms with van der Waals surface area (Å²) in [5, 5.41) is 3.13. The Kier molecular flexibility index (Phi) is 5.84. The van der Waals surface area contributed by atoms with Crippen LogP contribution in [0.2, 0.25) is 0 Å². The van der Waals surface area contributed by atoms with Gasteiger partial charge in [-0.3, -0.25) is 4.79 Å². The molecule has 1 amide bonds. The molecule has 1 rings (SSSR count). The second-order valence-electron chi connectivity index (χ2n) is 7.17. The van der Waals surface area contributed by atoms with E-state index in [4.69, 9.17) is 5.73 Å². The average molecular weight is 268 g/mol. The normalized spacial score (nSPS) is 26.3. The predicted molar refractivity (Wildman–Crippen MR) is 80.8 cm³/mol. The van der Waals surface area contributed by atoms with Crippen LogP contribution in [0.1, 0.15) is 66.7 Å². The topological polar surface area (TPSA) is 55.1 Å². The molecule has 0 saturated heterocycles. The molecule has 1 unspecified atom stereocenters. The molecule has 112 valence electrons. The van der Waals surface area contributed by atoms with Gasteiger partial charge in [-0.15, -0.1) is 0 Å². The van der Waals surface area contributed by atoms with Gasteiger partial charge in [-0.25, -0.2) is 0 Å². The Morgan fingerprint density at radius 3 is 2.21 bits per heavy atom. The fourth-order valence-electron chi connectivity index (χ4n) is 2.91. The standard InChI is InChI=1S/C16H32N2O/c1-6-16(4,5)12-7-9-13(10-8-12)18-15(19)14(17)11(2)3/h11-14H,6-10,17H2,1-5H3,(H,18,19). The van der Waals surface area contributed by atoms with E-state index < -0.39 is 0 Å². The first-order valence-electron chi connectivity index (χ1n) is 7.84. The lowest BCUT2D eigenvalue weighted by molar-refractivity contribution is -0.124. The molecule has 3 N–H and O–H groups in total. The van der Waals surface area contributed by atoms with Crippen molar-refractivity contribution >= 4 is 5.91 Å². The Bertz CT molecular complexity index is 291. The first-order valence-corrected chi connectivity index (χ1v) is 7.84. The van der Waals surface area contributed by atoms with Crippen LogP contribution in [0.5, 0.6) is 0 Å². The molecule has 1 atom stereocenters. The van der Waals surface area contributed by atoms with Crippen LogP contribution in [0.3, 0.4) is 0 Å². The van der Waals surface area contributed by atoms with E-state index in [1.807, 2.05) is 13.8 Å². The highest BCUT2D eigenvalue weighted by molar-refractivity contribution is 5.82. The van der Waals surface area contributed by atoms with Crippen LogP contribution in [-0.2, 0) is 4.79 Å². The van der Waals surface area contributed by atoms with Crippen LogP contribution in [0, 0.1) is 17.3 Å². The summed E-state index contributed by atoms with van der Waals surface area (Å²) in [5.74, 6) is 1.02. The largest absolute Gasteiger partial charge is 0.352 e. The Labute approximate surface area is 118 Å². The maximum absolute atomic E-state index is 12.0. The van der Waals surface area contributed by atoms with Gasteiger partial charge in [-0.05, 0) is 42.9 Å². The lowest BCUT2D eigenvalue weighted by atomic mass is 9.69. The van der Waals surface area contributed by atoms with Crippen LogP contribution in [0.15, 0.2) is 0 Å². The van der Waals surface area contributed by atoms with Crippen molar-refractivity contribution < 1.29 is 4.79 Å². The third-order valence-electron chi connectivity index (χ3n) is 5.11. The maximum Gasteiger partial charge on any atom is 0.237 e. The number of nitrogens with two attached hydrogens (primary N) is 1. The SMILES string of the molecule is CCC(C)(C)C1CCC(NC(=O)C(N)C(C)C)CC1. The highest BCUT2D eigenvalue weighted by Gasteiger charge is 2.32. The molecular formula is C16H32N2O. The molecule has 3 heteroatoms. The van der Waals surface area contributed by atoms with Crippen molar-refractivity contribution in [2.24, 2.45) is 23.0 Å². The number of hydrogen-bond acceptors (Lipinski definition) is 2. The van der Waals surface area contributed by atoms with Crippen molar-refractivity contribution in [1.82, 2.24) is 5.32 Å². The number of hydrogen-bond donors (Lipinski definition) is 2. The average Bonchev–Trinajstić information content (AvgIpc) is 2.38. The van der Waals surface area contributed by atoms with Gasteiger partial charge in [0.2, 0.25) is 5.91 Å². The molecule has 0 aliphatic heterocycles. The van der Waals surface area contributed by atoms with Gasteiger partial charge in [-0.2, -0.15) is 0 Å². The van der Waals surface area contributed by atoms with Crippen molar-refractivity contribution in [1.29, 1.82) is 0 Å². The van der Waals surface area contributed by atoms with Gasteiger partial charge < -0.3 is 11.1 Å². The van der Waals surface area contributed by atoms with Gasteiger partial charge in [-0.1, -0.05) is 41.0 Å². The first-order chi connectivity index (χ1) is 8.77. The van der Waals surface area contributed by atoms with E-state index in [0.717, 1.165) is 18.8 Å². The molecule has 0 aromatic rings. The number of carbonyl (C=O) groups excluding carboxylic acids is 1. The zero-order valence-electron chi connectivity index (χ0n) is 13.3. The van der Waals surface area contributed by atoms with Gasteiger partial charge in [0.25, 0.3) is 0 Å². The molecule has 0 aromatic carbocycles. The molecule has 1 aliphatic rings. The van der Waals surface area contributed by atoms with Crippen molar-refractivity contribution in [2.75, 3.05) is 0 Å². The summed E-state index contributed by atoms with van der Waals surface area (Å²) in [6.45, 7) is 11.0. The Balaban J connectivity index is 2.41. The number of rotatable bonds is 5. The van der Waals surface area contributed by atoms with Gasteiger partial charge in [0.1, 0.15) is 0 Å². The Morgan fingerprint density at radius 1 is 1.26 bits per heavy atom. The predicted octanol–water partition coefficient (Wildman–Crippen LogP) is 3.08. The lowest BCUT2D eigenvalue weighted by Gasteiger charge is -2.39. The molecule has 19 heavy (non-hydrogen) atoms. The molecule has 1 saturated carbocycles. The third-order valence-corrected chi connectivity index (χ3v) is 5.11. The Hall–Kier alpha value is -0.570. The minimum absolute atomic E-state index is 0.0215. The molecule has 0 aromatic heterocycles. The summed E-state index contributed by atoms with van der Waals surface area (Å²) in [7, 11) is 0. The van der Waals surface area contributed by atoms with Crippen molar-refractivity contribution in [3.63, 3.8) is 0 Å². The highest BCUT2D eigenvalue weighted by atomic mass is 16.2. The van der Waals surface area contributed by atoms with Crippen molar-refractivity contribution in [3.05, 3.63) is 0 Å². The first kappa shape index (κ1) is 16.5. The molecular weight excluding hydrogens is 236 g/mol. The van der Waals surface area contributed by atoms with Crippen LogP contribution >= 0.6 is 0 Å². The molecule has 0 radical (unpaired) electrons. The monoisotopic (exact) mass is 268 g/mol. The molecule has 1 fully saturated rings. The molecule has 1 aliphatic carbocycles. The summed E-state index contributed by atoms with van der Waals surface area (Å²) >= 11 is 0. The quantitative estimate of drug-likeness (QED) is 0.805. The number of carbonyl (C=O) groups is 1. The highest BCUT2D eigenvalue weighted by Crippen LogP contribution is 2.40. The second-order valence-corrected chi connectivity index (χ2v) is 7.17. The van der Waals surface area contributed by atoms with Crippen LogP contribution in [0.25, 0.3) is 0 Å². The second kappa shape index (κ2) is 6.74. The zero-order chi connectivity index (χ0) is 14.6. The molecule has 0 bridgehead atoms. The van der Waals surface area contributed by atoms with E-state index in [1.165, 1.54) is 19.3 Å². The fourth-order valence-corrected chi connectivity index (χ4v) is 2.91. The van der Waals surface area contributed by atoms with Crippen LogP contribution in [-0.4, -0.2) is 18.0 Å². The molecule has 0 heterocycles. The van der Waals surface area contributed by atoms with Gasteiger partial charge in [0.05, 0.1) is 6.04 Å². The van der Waals surface area contributed by atoms with Gasteiger partial charge >= 0.3 is 0 Å². The van der Waals surface area contributed by atoms with Crippen LogP contribution in [0.4, 0.5) is 0 Å². The summed E-state index contributed by atoms with van der Waals surface area (Å²) in [6.07, 6.45) is 5.88. The van der Waals surface area contributed by atoms with E-state index in [2.05, 4.69) is 26.1 Å². The minimum Gasteiger partial charge on any atom is -0.352 e. The molecule has 3 nitrogen and oxygen atoms in total. The summed E-state index contributed by atoms with van der Waals surface area (Å²) in [5.41, 5.74) is 6.32. The number of nitrogens with one attached hydrogen (secondary N) is 1. The summed E-state index contributed by atoms with van der Waals surface area (Å²) in [4.78, 5) is 12.0. The van der Waals surface area contributed by atoms with E-state index in [1.54, 1.807) is 0 Å². The van der Waals surface area contributed by atoms with E-state index in [9.17, 15) is 4.79 Å². The Morgan fingerprint density at radius 2 is 1.79 bits per heavy atom. The lowest BCUT2D eigenvalue weighted by Crippen LogP contribution is -2.49. The smallest absolute Gasteiger partial charge is 0.237 e. The van der Waals surface area contributed by atoms with Crippen molar-refractivity contribution in [3.8, 4) is 0 Å². The summed E-state index contributed by atoms with van der Waals surface area (Å²) < 4.78 is 0. The van der Waals surface area contributed by atoms with E-state index in [-0.39, 0.29) is 17.9 Å². The minimum atomic E-state index is -0.371. The van der Waals surface area contributed by atoms with Gasteiger partial charge in [0.15, 0.2) is 0 Å². The maximum atomic E-state index is 12.0. The number of amides is 1. The molecule has 0 spiro atoms. The third kappa shape index (κ3) is 4.48. The van der Waals surface area contributed by atoms with Crippen LogP contribution < -0.4 is 11.1 Å². The fraction of sp³-hybridized carbons (Fsp3) is 0.938.